The Morgan fingerprint density at radius 1 is 1.88 bits per heavy atom. The van der Waals surface area contributed by atoms with Gasteiger partial charge < -0.3 is 4.74 Å². The standard InChI is InChI=1S/C5H10O2S/c1-3-4(8)5(6)7-2/h4,8H,3H2,1-2H3. The van der Waals surface area contributed by atoms with Gasteiger partial charge in [0.25, 0.3) is 0 Å². The summed E-state index contributed by atoms with van der Waals surface area (Å²) in [5.41, 5.74) is 0. The molecule has 0 amide bonds. The normalized spacial score (nSPS) is 12.9. The van der Waals surface area contributed by atoms with Crippen LogP contribution in [0.5, 0.6) is 0 Å². The van der Waals surface area contributed by atoms with Gasteiger partial charge in [-0.3, -0.25) is 4.79 Å². The quantitative estimate of drug-likeness (QED) is 0.448. The molecule has 2 nitrogen and oxygen atoms in total. The van der Waals surface area contributed by atoms with Crippen LogP contribution in [0.15, 0.2) is 0 Å². The summed E-state index contributed by atoms with van der Waals surface area (Å²) in [6.45, 7) is 1.88. The minimum Gasteiger partial charge on any atom is -0.468 e. The van der Waals surface area contributed by atoms with Gasteiger partial charge in [-0.15, -0.1) is 0 Å². The summed E-state index contributed by atoms with van der Waals surface area (Å²) in [6, 6.07) is 0. The number of hydrogen-bond acceptors (Lipinski definition) is 3. The minimum absolute atomic E-state index is 0.250. The van der Waals surface area contributed by atoms with E-state index in [-0.39, 0.29) is 11.2 Å². The average molecular weight is 134 g/mol. The molecule has 0 rings (SSSR count). The van der Waals surface area contributed by atoms with Crippen LogP contribution in [-0.2, 0) is 9.53 Å². The van der Waals surface area contributed by atoms with Crippen LogP contribution in [0.4, 0.5) is 0 Å². The maximum Gasteiger partial charge on any atom is 0.318 e. The number of carbonyl (C=O) groups is 1. The third-order valence-electron chi connectivity index (χ3n) is 0.860. The largest absolute Gasteiger partial charge is 0.468 e. The molecular weight excluding hydrogens is 124 g/mol. The Kier molecular flexibility index (Phi) is 3.69. The molecule has 8 heavy (non-hydrogen) atoms. The van der Waals surface area contributed by atoms with E-state index in [0.717, 1.165) is 6.42 Å². The van der Waals surface area contributed by atoms with Crippen molar-refractivity contribution in [3.05, 3.63) is 0 Å². The van der Waals surface area contributed by atoms with Crippen molar-refractivity contribution in [1.29, 1.82) is 0 Å². The second-order valence-electron chi connectivity index (χ2n) is 1.45. The van der Waals surface area contributed by atoms with E-state index >= 15 is 0 Å². The van der Waals surface area contributed by atoms with Crippen molar-refractivity contribution in [2.45, 2.75) is 18.6 Å². The molecule has 0 aromatic rings. The van der Waals surface area contributed by atoms with Gasteiger partial charge in [0, 0.05) is 0 Å². The highest BCUT2D eigenvalue weighted by Gasteiger charge is 2.09. The van der Waals surface area contributed by atoms with Gasteiger partial charge in [0.1, 0.15) is 0 Å². The topological polar surface area (TPSA) is 26.3 Å². The predicted octanol–water partition coefficient (Wildman–Crippen LogP) is 0.868. The third kappa shape index (κ3) is 2.21. The van der Waals surface area contributed by atoms with Crippen molar-refractivity contribution in [2.75, 3.05) is 7.11 Å². The minimum atomic E-state index is -0.254. The Morgan fingerprint density at radius 2 is 2.38 bits per heavy atom. The Labute approximate surface area is 54.6 Å². The van der Waals surface area contributed by atoms with E-state index in [0.29, 0.717) is 0 Å². The Balaban J connectivity index is 3.46. The van der Waals surface area contributed by atoms with E-state index < -0.39 is 0 Å². The lowest BCUT2D eigenvalue weighted by molar-refractivity contribution is -0.139. The van der Waals surface area contributed by atoms with Crippen LogP contribution >= 0.6 is 12.6 Å². The summed E-state index contributed by atoms with van der Waals surface area (Å²) < 4.78 is 4.39. The monoisotopic (exact) mass is 134 g/mol. The van der Waals surface area contributed by atoms with E-state index in [1.54, 1.807) is 0 Å². The van der Waals surface area contributed by atoms with E-state index in [1.807, 2.05) is 6.92 Å². The van der Waals surface area contributed by atoms with Crippen molar-refractivity contribution in [3.8, 4) is 0 Å². The Bertz CT molecular complexity index is 82.5. The maximum atomic E-state index is 10.4. The fraction of sp³-hybridized carbons (Fsp3) is 0.800. The van der Waals surface area contributed by atoms with E-state index in [1.165, 1.54) is 7.11 Å². The molecule has 0 N–H and O–H groups in total. The van der Waals surface area contributed by atoms with Gasteiger partial charge in [-0.1, -0.05) is 6.92 Å². The second kappa shape index (κ2) is 3.78. The van der Waals surface area contributed by atoms with Gasteiger partial charge in [-0.25, -0.2) is 0 Å². The molecule has 48 valence electrons. The zero-order valence-corrected chi connectivity index (χ0v) is 5.94. The van der Waals surface area contributed by atoms with Crippen molar-refractivity contribution in [2.24, 2.45) is 0 Å². The Morgan fingerprint density at radius 3 is 2.50 bits per heavy atom. The molecule has 0 radical (unpaired) electrons. The first kappa shape index (κ1) is 7.82. The first-order valence-electron chi connectivity index (χ1n) is 2.48. The van der Waals surface area contributed by atoms with E-state index in [9.17, 15) is 4.79 Å². The lowest BCUT2D eigenvalue weighted by Crippen LogP contribution is -2.14. The van der Waals surface area contributed by atoms with E-state index in [4.69, 9.17) is 0 Å². The first-order chi connectivity index (χ1) is 3.72. The molecule has 3 heteroatoms. The molecule has 0 bridgehead atoms. The van der Waals surface area contributed by atoms with Crippen LogP contribution in [0.3, 0.4) is 0 Å². The smallest absolute Gasteiger partial charge is 0.318 e. The molecule has 0 aliphatic rings. The molecule has 0 aromatic carbocycles. The Hall–Kier alpha value is -0.180. The van der Waals surface area contributed by atoms with Crippen LogP contribution in [0.2, 0.25) is 0 Å². The van der Waals surface area contributed by atoms with Crippen LogP contribution in [0.25, 0.3) is 0 Å². The molecule has 0 heterocycles. The lowest BCUT2D eigenvalue weighted by Gasteiger charge is -2.02. The number of carbonyl (C=O) groups excluding carboxylic acids is 1. The number of thiol groups is 1. The van der Waals surface area contributed by atoms with Crippen LogP contribution in [0, 0.1) is 0 Å². The highest BCUT2D eigenvalue weighted by atomic mass is 32.1. The molecule has 0 aromatic heterocycles. The summed E-state index contributed by atoms with van der Waals surface area (Å²) >= 11 is 3.93. The van der Waals surface area contributed by atoms with Gasteiger partial charge in [-0.2, -0.15) is 12.6 Å². The highest BCUT2D eigenvalue weighted by Crippen LogP contribution is 2.00. The summed E-state index contributed by atoms with van der Waals surface area (Å²) in [5, 5.41) is -0.250. The van der Waals surface area contributed by atoms with Crippen molar-refractivity contribution in [1.82, 2.24) is 0 Å². The molecule has 0 fully saturated rings. The summed E-state index contributed by atoms with van der Waals surface area (Å²) in [5.74, 6) is -0.254. The number of methoxy groups -OCH3 is 1. The number of hydrogen-bond donors (Lipinski definition) is 1. The fourth-order valence-electron chi connectivity index (χ4n) is 0.303. The molecule has 1 atom stereocenters. The van der Waals surface area contributed by atoms with Gasteiger partial charge in [0.05, 0.1) is 12.4 Å². The van der Waals surface area contributed by atoms with Crippen LogP contribution in [0.1, 0.15) is 13.3 Å². The summed E-state index contributed by atoms with van der Waals surface area (Å²) in [7, 11) is 1.36. The van der Waals surface area contributed by atoms with Crippen molar-refractivity contribution < 1.29 is 9.53 Å². The first-order valence-corrected chi connectivity index (χ1v) is 3.00. The zero-order chi connectivity index (χ0) is 6.57. The van der Waals surface area contributed by atoms with Gasteiger partial charge in [0.2, 0.25) is 0 Å². The average Bonchev–Trinajstić information content (AvgIpc) is 1.84. The molecule has 0 saturated carbocycles. The maximum absolute atomic E-state index is 10.4. The SMILES string of the molecule is CCC(S)C(=O)OC. The van der Waals surface area contributed by atoms with Gasteiger partial charge in [-0.05, 0) is 6.42 Å². The molecule has 0 saturated heterocycles. The number of rotatable bonds is 2. The third-order valence-corrected chi connectivity index (χ3v) is 1.44. The van der Waals surface area contributed by atoms with E-state index in [2.05, 4.69) is 17.4 Å². The van der Waals surface area contributed by atoms with Crippen molar-refractivity contribution in [3.63, 3.8) is 0 Å². The molecule has 0 aliphatic heterocycles. The highest BCUT2D eigenvalue weighted by molar-refractivity contribution is 7.81. The van der Waals surface area contributed by atoms with Crippen LogP contribution < -0.4 is 0 Å². The van der Waals surface area contributed by atoms with Crippen molar-refractivity contribution >= 4 is 18.6 Å². The predicted molar refractivity (Wildman–Crippen MR) is 35.1 cm³/mol. The number of ether oxygens (including phenoxy) is 1. The molecular formula is C5H10O2S. The molecule has 0 spiro atoms. The molecule has 1 unspecified atom stereocenters. The van der Waals surface area contributed by atoms with Gasteiger partial charge in [0.15, 0.2) is 0 Å². The van der Waals surface area contributed by atoms with Gasteiger partial charge >= 0.3 is 5.97 Å². The second-order valence-corrected chi connectivity index (χ2v) is 2.07. The summed E-state index contributed by atoms with van der Waals surface area (Å²) in [6.07, 6.45) is 0.718. The fourth-order valence-corrected chi connectivity index (χ4v) is 0.408. The molecule has 0 aliphatic carbocycles. The zero-order valence-electron chi connectivity index (χ0n) is 5.05. The van der Waals surface area contributed by atoms with Crippen LogP contribution in [-0.4, -0.2) is 18.3 Å². The number of esters is 1. The summed E-state index contributed by atoms with van der Waals surface area (Å²) in [4.78, 5) is 10.4. The lowest BCUT2D eigenvalue weighted by atomic mass is 10.3.